The molecular formula is C23H50N4O5Si. The maximum Gasteiger partial charge on any atom is 0.634 e. The lowest BCUT2D eigenvalue weighted by Gasteiger charge is -2.31. The summed E-state index contributed by atoms with van der Waals surface area (Å²) in [7, 11) is -3.37. The molecule has 3 N–H and O–H groups in total. The van der Waals surface area contributed by atoms with Gasteiger partial charge in [0.15, 0.2) is 0 Å². The fourth-order valence-electron chi connectivity index (χ4n) is 3.41. The molecule has 0 atom stereocenters. The van der Waals surface area contributed by atoms with E-state index in [1.54, 1.807) is 0 Å². The second-order valence-electron chi connectivity index (χ2n) is 7.99. The first-order valence-electron chi connectivity index (χ1n) is 13.0. The average molecular weight is 491 g/mol. The van der Waals surface area contributed by atoms with Crippen molar-refractivity contribution < 1.29 is 22.9 Å². The Morgan fingerprint density at radius 2 is 1.18 bits per heavy atom. The predicted molar refractivity (Wildman–Crippen MR) is 135 cm³/mol. The van der Waals surface area contributed by atoms with Crippen LogP contribution >= 0.6 is 0 Å². The molecule has 0 heterocycles. The van der Waals surface area contributed by atoms with Gasteiger partial charge in [0, 0.05) is 32.9 Å². The largest absolute Gasteiger partial charge is 0.634 e. The van der Waals surface area contributed by atoms with Crippen LogP contribution in [0.5, 0.6) is 0 Å². The Morgan fingerprint density at radius 1 is 0.697 bits per heavy atom. The van der Waals surface area contributed by atoms with Gasteiger partial charge in [-0.05, 0) is 33.6 Å². The number of amides is 4. The van der Waals surface area contributed by atoms with Crippen LogP contribution in [-0.4, -0.2) is 58.9 Å². The summed E-state index contributed by atoms with van der Waals surface area (Å²) in [5.41, 5.74) is 2.63. The second kappa shape index (κ2) is 21.2. The van der Waals surface area contributed by atoms with Crippen LogP contribution < -0.4 is 15.7 Å². The van der Waals surface area contributed by atoms with E-state index in [0.29, 0.717) is 39.3 Å². The third kappa shape index (κ3) is 16.0. The summed E-state index contributed by atoms with van der Waals surface area (Å²) in [5, 5.41) is 4.08. The van der Waals surface area contributed by atoms with Gasteiger partial charge in [0.1, 0.15) is 0 Å². The van der Waals surface area contributed by atoms with E-state index in [4.69, 9.17) is 13.3 Å². The number of hydrogen-bond donors (Lipinski definition) is 3. The minimum atomic E-state index is -3.37. The molecular weight excluding hydrogens is 440 g/mol. The quantitative estimate of drug-likeness (QED) is 0.125. The van der Waals surface area contributed by atoms with Crippen molar-refractivity contribution in [3.63, 3.8) is 0 Å². The molecule has 0 saturated heterocycles. The van der Waals surface area contributed by atoms with Gasteiger partial charge in [0.05, 0.1) is 0 Å². The molecule has 0 unspecified atom stereocenters. The second-order valence-corrected chi connectivity index (χ2v) is 10.2. The van der Waals surface area contributed by atoms with Crippen LogP contribution in [0, 0.1) is 0 Å². The molecule has 0 aromatic heterocycles. The lowest BCUT2D eigenvalue weighted by atomic mass is 10.1. The third-order valence-corrected chi connectivity index (χ3v) is 7.53. The fourth-order valence-corrected chi connectivity index (χ4v) is 5.41. The molecule has 0 aromatic rings. The number of rotatable bonds is 20. The Morgan fingerprint density at radius 3 is 1.64 bits per heavy atom. The van der Waals surface area contributed by atoms with Gasteiger partial charge in [0.2, 0.25) is 0 Å². The number of hydrazine groups is 1. The van der Waals surface area contributed by atoms with Crippen molar-refractivity contribution in [3.05, 3.63) is 0 Å². The smallest absolute Gasteiger partial charge is 0.357 e. The maximum atomic E-state index is 12.8. The highest BCUT2D eigenvalue weighted by Crippen LogP contribution is 2.10. The minimum absolute atomic E-state index is 0.340. The molecule has 196 valence electrons. The summed E-state index contributed by atoms with van der Waals surface area (Å²) in [6, 6.07) is -0.904. The molecule has 0 fully saturated rings. The fraction of sp³-hybridized carbons (Fsp3) is 0.913. The Labute approximate surface area is 203 Å². The van der Waals surface area contributed by atoms with Crippen molar-refractivity contribution in [1.29, 1.82) is 0 Å². The molecule has 10 heteroatoms. The topological polar surface area (TPSA) is 101 Å². The first kappa shape index (κ1) is 31.6. The van der Waals surface area contributed by atoms with E-state index in [9.17, 15) is 9.59 Å². The summed E-state index contributed by atoms with van der Waals surface area (Å²) in [5.74, 6) is 0. The van der Waals surface area contributed by atoms with Crippen LogP contribution in [0.15, 0.2) is 0 Å². The molecule has 0 aromatic carbocycles. The highest BCUT2D eigenvalue weighted by atomic mass is 28.4. The molecule has 0 radical (unpaired) electrons. The summed E-state index contributed by atoms with van der Waals surface area (Å²) in [6.07, 6.45) is 13.1. The normalized spacial score (nSPS) is 11.3. The van der Waals surface area contributed by atoms with Gasteiger partial charge < -0.3 is 18.6 Å². The SMILES string of the molecule is CCCCCCCCCCCCNC(=O)NN(CCC)C(=O)N[Si](OCC)(OCC)OCC. The van der Waals surface area contributed by atoms with Crippen LogP contribution in [0.3, 0.4) is 0 Å². The number of urea groups is 2. The highest BCUT2D eigenvalue weighted by Gasteiger charge is 2.45. The van der Waals surface area contributed by atoms with Gasteiger partial charge in [0.25, 0.3) is 0 Å². The number of hydrogen-bond acceptors (Lipinski definition) is 5. The lowest BCUT2D eigenvalue weighted by Crippen LogP contribution is -2.65. The van der Waals surface area contributed by atoms with Crippen molar-refractivity contribution in [3.8, 4) is 0 Å². The molecule has 4 amide bonds. The van der Waals surface area contributed by atoms with Crippen molar-refractivity contribution >= 4 is 21.0 Å². The van der Waals surface area contributed by atoms with Crippen molar-refractivity contribution in [1.82, 2.24) is 20.7 Å². The summed E-state index contributed by atoms with van der Waals surface area (Å²) in [6.45, 7) is 11.6. The van der Waals surface area contributed by atoms with Crippen molar-refractivity contribution in [2.75, 3.05) is 32.9 Å². The number of unbranched alkanes of at least 4 members (excludes halogenated alkanes) is 9. The van der Waals surface area contributed by atoms with E-state index >= 15 is 0 Å². The first-order chi connectivity index (χ1) is 16.0. The van der Waals surface area contributed by atoms with Gasteiger partial charge in [-0.3, -0.25) is 4.98 Å². The highest BCUT2D eigenvalue weighted by molar-refractivity contribution is 6.60. The zero-order valence-corrected chi connectivity index (χ0v) is 22.8. The van der Waals surface area contributed by atoms with E-state index in [0.717, 1.165) is 12.8 Å². The molecule has 0 aliphatic rings. The van der Waals surface area contributed by atoms with Gasteiger partial charge in [-0.1, -0.05) is 71.6 Å². The standard InChI is InChI=1S/C23H50N4O5Si/c1-6-11-12-13-14-15-16-17-18-19-20-24-22(28)25-27(21-7-2)23(29)26-33(30-8-3,31-9-4)32-10-5/h6-21H2,1-5H3,(H,26,29)(H2,24,25,28). The number of nitrogens with one attached hydrogen (secondary N) is 3. The average Bonchev–Trinajstić information content (AvgIpc) is 2.77. The monoisotopic (exact) mass is 490 g/mol. The lowest BCUT2D eigenvalue weighted by molar-refractivity contribution is 0.0597. The molecule has 0 aliphatic carbocycles. The van der Waals surface area contributed by atoms with Gasteiger partial charge in [-0.15, -0.1) is 0 Å². The zero-order chi connectivity index (χ0) is 24.8. The Bertz CT molecular complexity index is 482. The van der Waals surface area contributed by atoms with Crippen LogP contribution in [0.25, 0.3) is 0 Å². The van der Waals surface area contributed by atoms with E-state index in [1.807, 2.05) is 27.7 Å². The maximum absolute atomic E-state index is 12.8. The molecule has 0 bridgehead atoms. The van der Waals surface area contributed by atoms with Gasteiger partial charge >= 0.3 is 21.0 Å². The van der Waals surface area contributed by atoms with E-state index in [-0.39, 0.29) is 0 Å². The number of nitrogens with zero attached hydrogens (tertiary/aromatic N) is 1. The van der Waals surface area contributed by atoms with Crippen LogP contribution in [0.1, 0.15) is 105 Å². The Hall–Kier alpha value is -1.36. The van der Waals surface area contributed by atoms with Crippen LogP contribution in [-0.2, 0) is 13.3 Å². The number of carbonyl (C=O) groups is 2. The molecule has 0 spiro atoms. The summed E-state index contributed by atoms with van der Waals surface area (Å²) < 4.78 is 17.0. The van der Waals surface area contributed by atoms with Crippen LogP contribution in [0.4, 0.5) is 9.59 Å². The Balaban J connectivity index is 4.34. The third-order valence-electron chi connectivity index (χ3n) is 5.01. The molecule has 0 aliphatic heterocycles. The number of carbonyl (C=O) groups excluding carboxylic acids is 2. The van der Waals surface area contributed by atoms with Gasteiger partial charge in [-0.25, -0.2) is 20.0 Å². The first-order valence-corrected chi connectivity index (χ1v) is 14.8. The molecule has 0 saturated carbocycles. The molecule has 9 nitrogen and oxygen atoms in total. The Kier molecular flexibility index (Phi) is 20.3. The van der Waals surface area contributed by atoms with E-state index in [2.05, 4.69) is 22.6 Å². The van der Waals surface area contributed by atoms with E-state index in [1.165, 1.54) is 56.4 Å². The van der Waals surface area contributed by atoms with E-state index < -0.39 is 21.0 Å². The van der Waals surface area contributed by atoms with Crippen molar-refractivity contribution in [2.24, 2.45) is 0 Å². The summed E-state index contributed by atoms with van der Waals surface area (Å²) >= 11 is 0. The summed E-state index contributed by atoms with van der Waals surface area (Å²) in [4.78, 5) is 27.9. The molecule has 0 rings (SSSR count). The molecule has 33 heavy (non-hydrogen) atoms. The zero-order valence-electron chi connectivity index (χ0n) is 21.8. The van der Waals surface area contributed by atoms with Crippen molar-refractivity contribution in [2.45, 2.75) is 105 Å². The van der Waals surface area contributed by atoms with Gasteiger partial charge in [-0.2, -0.15) is 0 Å². The van der Waals surface area contributed by atoms with Crippen LogP contribution in [0.2, 0.25) is 0 Å². The minimum Gasteiger partial charge on any atom is -0.357 e. The predicted octanol–water partition coefficient (Wildman–Crippen LogP) is 5.09.